The molecule has 1 aromatic carbocycles. The molecule has 0 radical (unpaired) electrons. The zero-order chi connectivity index (χ0) is 11.0. The summed E-state index contributed by atoms with van der Waals surface area (Å²) < 4.78 is 11.9. The molecule has 0 amide bonds. The van der Waals surface area contributed by atoms with Gasteiger partial charge in [-0.15, -0.1) is 0 Å². The SMILES string of the molecule is Cc1c(C(C)O)cc2c(c1Br)OCCO2. The summed E-state index contributed by atoms with van der Waals surface area (Å²) >= 11 is 3.47. The van der Waals surface area contributed by atoms with Crippen LogP contribution in [0.5, 0.6) is 11.5 Å². The van der Waals surface area contributed by atoms with E-state index in [4.69, 9.17) is 9.47 Å². The molecular formula is C11H13BrO3. The van der Waals surface area contributed by atoms with E-state index in [0.717, 1.165) is 21.3 Å². The fraction of sp³-hybridized carbons (Fsp3) is 0.455. The maximum Gasteiger partial charge on any atom is 0.175 e. The first-order valence-corrected chi connectivity index (χ1v) is 5.67. The molecule has 0 fully saturated rings. The molecule has 0 spiro atoms. The standard InChI is InChI=1S/C11H13BrO3/c1-6-8(7(2)13)5-9-11(10(6)12)15-4-3-14-9/h5,7,13H,3-4H2,1-2H3. The minimum Gasteiger partial charge on any atom is -0.486 e. The number of ether oxygens (including phenoxy) is 2. The van der Waals surface area contributed by atoms with Gasteiger partial charge in [-0.05, 0) is 47.0 Å². The fourth-order valence-electron chi connectivity index (χ4n) is 1.69. The van der Waals surface area contributed by atoms with Crippen LogP contribution in [0.15, 0.2) is 10.5 Å². The van der Waals surface area contributed by atoms with Crippen LogP contribution in [0.3, 0.4) is 0 Å². The van der Waals surface area contributed by atoms with Gasteiger partial charge in [0.25, 0.3) is 0 Å². The lowest BCUT2D eigenvalue weighted by atomic mass is 10.0. The first-order valence-electron chi connectivity index (χ1n) is 4.88. The third-order valence-electron chi connectivity index (χ3n) is 2.51. The van der Waals surface area contributed by atoms with Crippen molar-refractivity contribution in [1.29, 1.82) is 0 Å². The van der Waals surface area contributed by atoms with Crippen molar-refractivity contribution in [2.75, 3.05) is 13.2 Å². The topological polar surface area (TPSA) is 38.7 Å². The van der Waals surface area contributed by atoms with Gasteiger partial charge in [0.2, 0.25) is 0 Å². The van der Waals surface area contributed by atoms with Crippen LogP contribution in [0, 0.1) is 6.92 Å². The predicted octanol–water partition coefficient (Wildman–Crippen LogP) is 2.58. The first-order chi connectivity index (χ1) is 7.11. The number of halogens is 1. The van der Waals surface area contributed by atoms with Crippen molar-refractivity contribution >= 4 is 15.9 Å². The van der Waals surface area contributed by atoms with Gasteiger partial charge in [-0.2, -0.15) is 0 Å². The molecule has 82 valence electrons. The molecule has 0 aliphatic carbocycles. The van der Waals surface area contributed by atoms with E-state index in [-0.39, 0.29) is 0 Å². The maximum atomic E-state index is 9.61. The van der Waals surface area contributed by atoms with Crippen LogP contribution < -0.4 is 9.47 Å². The van der Waals surface area contributed by atoms with E-state index in [0.29, 0.717) is 19.0 Å². The fourth-order valence-corrected chi connectivity index (χ4v) is 2.23. The summed E-state index contributed by atoms with van der Waals surface area (Å²) in [6.07, 6.45) is -0.503. The first kappa shape index (κ1) is 10.8. The molecule has 15 heavy (non-hydrogen) atoms. The number of hydrogen-bond acceptors (Lipinski definition) is 3. The number of benzene rings is 1. The van der Waals surface area contributed by atoms with E-state index >= 15 is 0 Å². The molecule has 1 aromatic rings. The second kappa shape index (κ2) is 4.02. The second-order valence-corrected chi connectivity index (χ2v) is 4.40. The Morgan fingerprint density at radius 2 is 2.07 bits per heavy atom. The highest BCUT2D eigenvalue weighted by Gasteiger charge is 2.20. The lowest BCUT2D eigenvalue weighted by Gasteiger charge is -2.23. The highest BCUT2D eigenvalue weighted by atomic mass is 79.9. The highest BCUT2D eigenvalue weighted by Crippen LogP contribution is 2.42. The third kappa shape index (κ3) is 1.84. The molecule has 1 unspecified atom stereocenters. The van der Waals surface area contributed by atoms with E-state index < -0.39 is 6.10 Å². The van der Waals surface area contributed by atoms with Gasteiger partial charge < -0.3 is 14.6 Å². The van der Waals surface area contributed by atoms with E-state index in [9.17, 15) is 5.11 Å². The van der Waals surface area contributed by atoms with Crippen LogP contribution in [0.4, 0.5) is 0 Å². The molecule has 1 heterocycles. The summed E-state index contributed by atoms with van der Waals surface area (Å²) in [5.74, 6) is 1.44. The summed E-state index contributed by atoms with van der Waals surface area (Å²) in [6, 6.07) is 1.85. The van der Waals surface area contributed by atoms with Crippen molar-refractivity contribution in [3.8, 4) is 11.5 Å². The normalized spacial score (nSPS) is 16.3. The summed E-state index contributed by atoms with van der Waals surface area (Å²) in [5.41, 5.74) is 1.86. The zero-order valence-electron chi connectivity index (χ0n) is 8.71. The quantitative estimate of drug-likeness (QED) is 0.854. The van der Waals surface area contributed by atoms with Gasteiger partial charge in [0.05, 0.1) is 10.6 Å². The van der Waals surface area contributed by atoms with Crippen molar-refractivity contribution in [3.05, 3.63) is 21.7 Å². The van der Waals surface area contributed by atoms with Gasteiger partial charge in [-0.1, -0.05) is 0 Å². The van der Waals surface area contributed by atoms with Crippen LogP contribution in [0.1, 0.15) is 24.2 Å². The smallest absolute Gasteiger partial charge is 0.175 e. The summed E-state index contributed by atoms with van der Waals surface area (Å²) in [5, 5.41) is 9.61. The molecule has 1 aliphatic heterocycles. The minimum atomic E-state index is -0.503. The lowest BCUT2D eigenvalue weighted by molar-refractivity contribution is 0.166. The van der Waals surface area contributed by atoms with Crippen molar-refractivity contribution in [3.63, 3.8) is 0 Å². The van der Waals surface area contributed by atoms with Gasteiger partial charge in [-0.25, -0.2) is 0 Å². The van der Waals surface area contributed by atoms with Crippen LogP contribution in [-0.4, -0.2) is 18.3 Å². The Hall–Kier alpha value is -0.740. The van der Waals surface area contributed by atoms with Crippen LogP contribution in [0.25, 0.3) is 0 Å². The van der Waals surface area contributed by atoms with Gasteiger partial charge >= 0.3 is 0 Å². The van der Waals surface area contributed by atoms with E-state index in [1.807, 2.05) is 13.0 Å². The molecule has 0 bridgehead atoms. The Bertz CT molecular complexity index is 388. The molecule has 1 atom stereocenters. The molecule has 4 heteroatoms. The minimum absolute atomic E-state index is 0.503. The number of fused-ring (bicyclic) bond motifs is 1. The Morgan fingerprint density at radius 1 is 1.40 bits per heavy atom. The van der Waals surface area contributed by atoms with Crippen LogP contribution >= 0.6 is 15.9 Å². The van der Waals surface area contributed by atoms with Gasteiger partial charge in [0, 0.05) is 0 Å². The summed E-state index contributed by atoms with van der Waals surface area (Å²) in [6.45, 7) is 4.82. The summed E-state index contributed by atoms with van der Waals surface area (Å²) in [7, 11) is 0. The Balaban J connectivity index is 2.57. The van der Waals surface area contributed by atoms with E-state index in [1.165, 1.54) is 0 Å². The molecule has 3 nitrogen and oxygen atoms in total. The average molecular weight is 273 g/mol. The number of hydrogen-bond donors (Lipinski definition) is 1. The number of aliphatic hydroxyl groups is 1. The van der Waals surface area contributed by atoms with E-state index in [1.54, 1.807) is 6.92 Å². The van der Waals surface area contributed by atoms with Gasteiger partial charge in [0.1, 0.15) is 13.2 Å². The van der Waals surface area contributed by atoms with E-state index in [2.05, 4.69) is 15.9 Å². The Kier molecular flexibility index (Phi) is 2.89. The Labute approximate surface area is 97.1 Å². The van der Waals surface area contributed by atoms with Crippen LogP contribution in [0.2, 0.25) is 0 Å². The molecular weight excluding hydrogens is 260 g/mol. The third-order valence-corrected chi connectivity index (χ3v) is 3.46. The van der Waals surface area contributed by atoms with Crippen molar-refractivity contribution in [2.45, 2.75) is 20.0 Å². The van der Waals surface area contributed by atoms with Gasteiger partial charge in [-0.3, -0.25) is 0 Å². The number of aliphatic hydroxyl groups excluding tert-OH is 1. The maximum absolute atomic E-state index is 9.61. The zero-order valence-corrected chi connectivity index (χ0v) is 10.3. The lowest BCUT2D eigenvalue weighted by Crippen LogP contribution is -2.16. The Morgan fingerprint density at radius 3 is 2.73 bits per heavy atom. The highest BCUT2D eigenvalue weighted by molar-refractivity contribution is 9.10. The molecule has 0 saturated carbocycles. The van der Waals surface area contributed by atoms with Crippen molar-refractivity contribution < 1.29 is 14.6 Å². The largest absolute Gasteiger partial charge is 0.486 e. The molecule has 1 N–H and O–H groups in total. The molecule has 0 aromatic heterocycles. The second-order valence-electron chi connectivity index (χ2n) is 3.60. The monoisotopic (exact) mass is 272 g/mol. The predicted molar refractivity (Wildman–Crippen MR) is 60.5 cm³/mol. The molecule has 1 aliphatic rings. The average Bonchev–Trinajstić information content (AvgIpc) is 2.23. The van der Waals surface area contributed by atoms with Crippen molar-refractivity contribution in [1.82, 2.24) is 0 Å². The molecule has 0 saturated heterocycles. The number of rotatable bonds is 1. The van der Waals surface area contributed by atoms with Crippen molar-refractivity contribution in [2.24, 2.45) is 0 Å². The summed E-state index contributed by atoms with van der Waals surface area (Å²) in [4.78, 5) is 0. The molecule has 2 rings (SSSR count). The van der Waals surface area contributed by atoms with Gasteiger partial charge in [0.15, 0.2) is 11.5 Å². The van der Waals surface area contributed by atoms with Crippen LogP contribution in [-0.2, 0) is 0 Å².